The molecule has 9 nitrogen and oxygen atoms in total. The molecule has 0 aromatic heterocycles. The Morgan fingerprint density at radius 2 is 1.46 bits per heavy atom. The Labute approximate surface area is 292 Å². The Morgan fingerprint density at radius 3 is 2.14 bits per heavy atom. The van der Waals surface area contributed by atoms with Crippen LogP contribution < -0.4 is 25.1 Å². The first kappa shape index (κ1) is 34.2. The molecule has 9 heteroatoms. The van der Waals surface area contributed by atoms with E-state index in [0.29, 0.717) is 48.3 Å². The molecule has 1 aliphatic rings. The molecule has 0 fully saturated rings. The summed E-state index contributed by atoms with van der Waals surface area (Å²) in [6, 6.07) is 41.0. The summed E-state index contributed by atoms with van der Waals surface area (Å²) in [5, 5.41) is 9.12. The van der Waals surface area contributed by atoms with Gasteiger partial charge < -0.3 is 24.1 Å². The van der Waals surface area contributed by atoms with Crippen molar-refractivity contribution in [2.75, 3.05) is 27.4 Å². The average Bonchev–Trinajstić information content (AvgIpc) is 3.56. The van der Waals surface area contributed by atoms with Gasteiger partial charge in [0.15, 0.2) is 11.6 Å². The third-order valence-corrected chi connectivity index (χ3v) is 8.64. The van der Waals surface area contributed by atoms with E-state index in [2.05, 4.69) is 23.0 Å². The van der Waals surface area contributed by atoms with E-state index in [1.54, 1.807) is 20.3 Å². The van der Waals surface area contributed by atoms with Gasteiger partial charge in [0.25, 0.3) is 5.91 Å². The minimum atomic E-state index is -1.38. The number of amides is 1. The number of methoxy groups -OCH3 is 2. The van der Waals surface area contributed by atoms with E-state index >= 15 is 0 Å². The summed E-state index contributed by atoms with van der Waals surface area (Å²) in [4.78, 5) is 19.8. The molecule has 0 aliphatic carbocycles. The van der Waals surface area contributed by atoms with Gasteiger partial charge in [0.1, 0.15) is 17.2 Å². The second kappa shape index (κ2) is 16.2. The molecule has 5 aromatic carbocycles. The van der Waals surface area contributed by atoms with Gasteiger partial charge in [0, 0.05) is 43.2 Å². The predicted molar refractivity (Wildman–Crippen MR) is 193 cm³/mol. The average molecular weight is 672 g/mol. The van der Waals surface area contributed by atoms with Crippen molar-refractivity contribution in [3.63, 3.8) is 0 Å². The molecule has 0 unspecified atom stereocenters. The molecular weight excluding hydrogens is 630 g/mol. The number of carbonyl (C=O) groups excluding carboxylic acids is 1. The molecule has 5 aromatic rings. The van der Waals surface area contributed by atoms with Gasteiger partial charge in [-0.1, -0.05) is 91.0 Å². The maximum absolute atomic E-state index is 14.6. The number of aliphatic hydroxyl groups is 1. The van der Waals surface area contributed by atoms with Gasteiger partial charge in [-0.25, -0.2) is 10.4 Å². The van der Waals surface area contributed by atoms with Crippen molar-refractivity contribution in [2.24, 2.45) is 4.99 Å². The fraction of sp³-hybridized carbons (Fsp3) is 0.220. The van der Waals surface area contributed by atoms with Crippen molar-refractivity contribution in [3.05, 3.63) is 150 Å². The number of hydrazine groups is 1. The van der Waals surface area contributed by atoms with Crippen LogP contribution in [0.4, 0.5) is 0 Å². The van der Waals surface area contributed by atoms with Gasteiger partial charge in [0.2, 0.25) is 5.90 Å². The van der Waals surface area contributed by atoms with E-state index in [-0.39, 0.29) is 18.9 Å². The second-order valence-corrected chi connectivity index (χ2v) is 11.9. The predicted octanol–water partition coefficient (Wildman–Crippen LogP) is 6.45. The number of nitrogens with zero attached hydrogens (tertiary/aromatic N) is 1. The largest absolute Gasteiger partial charge is 0.497 e. The lowest BCUT2D eigenvalue weighted by atomic mass is 9.82. The summed E-state index contributed by atoms with van der Waals surface area (Å²) in [5.74, 6) is 1.99. The Morgan fingerprint density at radius 1 is 0.800 bits per heavy atom. The second-order valence-electron chi connectivity index (χ2n) is 11.9. The third kappa shape index (κ3) is 7.80. The molecule has 1 heterocycles. The molecule has 0 saturated carbocycles. The van der Waals surface area contributed by atoms with E-state index in [4.69, 9.17) is 29.0 Å². The lowest BCUT2D eigenvalue weighted by molar-refractivity contribution is -0.130. The lowest BCUT2D eigenvalue weighted by Gasteiger charge is -2.31. The first-order valence-electron chi connectivity index (χ1n) is 16.6. The number of benzene rings is 5. The number of ether oxygens (including phenoxy) is 4. The maximum Gasteiger partial charge on any atom is 0.266 e. The van der Waals surface area contributed by atoms with Crippen LogP contribution in [0, 0.1) is 0 Å². The van der Waals surface area contributed by atoms with Crippen molar-refractivity contribution in [1.29, 1.82) is 0 Å². The molecule has 0 bridgehead atoms. The fourth-order valence-corrected chi connectivity index (χ4v) is 6.00. The van der Waals surface area contributed by atoms with Crippen LogP contribution >= 0.6 is 0 Å². The molecule has 1 amide bonds. The van der Waals surface area contributed by atoms with Crippen LogP contribution in [-0.4, -0.2) is 49.9 Å². The van der Waals surface area contributed by atoms with E-state index < -0.39 is 11.6 Å². The summed E-state index contributed by atoms with van der Waals surface area (Å²) in [6.07, 6.45) is 0.0726. The van der Waals surface area contributed by atoms with Crippen LogP contribution in [0.5, 0.6) is 17.2 Å². The Kier molecular flexibility index (Phi) is 11.1. The highest BCUT2D eigenvalue weighted by Gasteiger charge is 2.53. The molecule has 6 rings (SSSR count). The fourth-order valence-electron chi connectivity index (χ4n) is 6.00. The number of carbonyl (C=O) groups is 1. The van der Waals surface area contributed by atoms with E-state index in [9.17, 15) is 4.79 Å². The molecular formula is C41H41N3O6. The van der Waals surface area contributed by atoms with Gasteiger partial charge in [-0.3, -0.25) is 10.2 Å². The molecule has 50 heavy (non-hydrogen) atoms. The topological polar surface area (TPSA) is 111 Å². The zero-order chi connectivity index (χ0) is 34.8. The minimum absolute atomic E-state index is 0.0600. The number of rotatable bonds is 15. The van der Waals surface area contributed by atoms with Crippen molar-refractivity contribution < 1.29 is 28.8 Å². The molecule has 3 N–H and O–H groups in total. The molecule has 256 valence electrons. The Balaban J connectivity index is 1.36. The maximum atomic E-state index is 14.6. The van der Waals surface area contributed by atoms with E-state index in [1.807, 2.05) is 109 Å². The van der Waals surface area contributed by atoms with Gasteiger partial charge in [0.05, 0.1) is 20.8 Å². The van der Waals surface area contributed by atoms with Crippen LogP contribution in [0.1, 0.15) is 34.8 Å². The normalized spacial score (nSPS) is 16.6. The highest BCUT2D eigenvalue weighted by molar-refractivity contribution is 6.01. The van der Waals surface area contributed by atoms with Gasteiger partial charge in [-0.05, 0) is 52.6 Å². The molecule has 0 radical (unpaired) electrons. The van der Waals surface area contributed by atoms with E-state index in [1.165, 1.54) is 0 Å². The first-order chi connectivity index (χ1) is 24.5. The molecule has 0 saturated heterocycles. The van der Waals surface area contributed by atoms with Crippen molar-refractivity contribution in [3.8, 4) is 28.4 Å². The summed E-state index contributed by atoms with van der Waals surface area (Å²) < 4.78 is 23.4. The summed E-state index contributed by atoms with van der Waals surface area (Å²) in [7, 11) is 3.20. The SMILES string of the molecule is COc1ccc(CNNC(=O)[C@@]2(Cc3ccccc3)N=C(c3ccc(OCCCO)cc3)O[C@H]2c2ccc(-c3ccccc3)cc2)c(OC)c1. The van der Waals surface area contributed by atoms with Crippen LogP contribution in [0.3, 0.4) is 0 Å². The monoisotopic (exact) mass is 671 g/mol. The van der Waals surface area contributed by atoms with E-state index in [0.717, 1.165) is 27.8 Å². The van der Waals surface area contributed by atoms with Gasteiger partial charge >= 0.3 is 0 Å². The quantitative estimate of drug-likeness (QED) is 0.0867. The highest BCUT2D eigenvalue weighted by atomic mass is 16.5. The number of aliphatic hydroxyl groups excluding tert-OH is 1. The Hall–Kier alpha value is -5.64. The minimum Gasteiger partial charge on any atom is -0.497 e. The Bertz CT molecular complexity index is 1880. The van der Waals surface area contributed by atoms with Crippen molar-refractivity contribution in [2.45, 2.75) is 31.0 Å². The standard InChI is InChI=1S/C41H41N3O6/c1-47-36-23-20-34(37(26-36)48-2)28-42-44-40(46)41(27-29-10-5-3-6-11-29)38(32-16-14-31(15-17-32)30-12-7-4-8-13-30)50-39(43-41)33-18-21-35(22-19-33)49-25-9-24-45/h3-8,10-23,26,38,42,45H,9,24-25,27-28H2,1-2H3,(H,44,46)/t38-,41-/m0/s1. The third-order valence-electron chi connectivity index (χ3n) is 8.64. The van der Waals surface area contributed by atoms with Crippen LogP contribution in [0.15, 0.2) is 132 Å². The molecule has 0 spiro atoms. The molecule has 2 atom stereocenters. The summed E-state index contributed by atoms with van der Waals surface area (Å²) >= 11 is 0. The summed E-state index contributed by atoms with van der Waals surface area (Å²) in [6.45, 7) is 0.764. The van der Waals surface area contributed by atoms with Crippen LogP contribution in [0.25, 0.3) is 11.1 Å². The van der Waals surface area contributed by atoms with Crippen LogP contribution in [-0.2, 0) is 22.5 Å². The highest BCUT2D eigenvalue weighted by Crippen LogP contribution is 2.43. The number of nitrogens with one attached hydrogen (secondary N) is 2. The smallest absolute Gasteiger partial charge is 0.266 e. The van der Waals surface area contributed by atoms with Gasteiger partial charge in [-0.2, -0.15) is 0 Å². The van der Waals surface area contributed by atoms with Crippen molar-refractivity contribution in [1.82, 2.24) is 10.9 Å². The van der Waals surface area contributed by atoms with Gasteiger partial charge in [-0.15, -0.1) is 0 Å². The number of hydrogen-bond donors (Lipinski definition) is 3. The molecule has 1 aliphatic heterocycles. The number of hydrogen-bond acceptors (Lipinski definition) is 8. The first-order valence-corrected chi connectivity index (χ1v) is 16.6. The van der Waals surface area contributed by atoms with Crippen molar-refractivity contribution >= 4 is 11.8 Å². The number of aliphatic imine (C=N–C) groups is 1. The lowest BCUT2D eigenvalue weighted by Crippen LogP contribution is -2.53. The summed E-state index contributed by atoms with van der Waals surface area (Å²) in [5.41, 5.74) is 10.1. The zero-order valence-corrected chi connectivity index (χ0v) is 28.2. The van der Waals surface area contributed by atoms with Crippen LogP contribution in [0.2, 0.25) is 0 Å². The zero-order valence-electron chi connectivity index (χ0n) is 28.2.